The van der Waals surface area contributed by atoms with Crippen molar-refractivity contribution in [1.29, 1.82) is 0 Å². The zero-order chi connectivity index (χ0) is 24.7. The first-order valence-electron chi connectivity index (χ1n) is 11.2. The molecule has 0 saturated heterocycles. The number of aryl methyl sites for hydroxylation is 1. The van der Waals surface area contributed by atoms with Gasteiger partial charge in [0, 0.05) is 18.3 Å². The van der Waals surface area contributed by atoms with Crippen LogP contribution in [0.1, 0.15) is 38.3 Å². The second kappa shape index (κ2) is 11.2. The number of carbonyl (C=O) groups is 1. The lowest BCUT2D eigenvalue weighted by Crippen LogP contribution is -2.40. The molecule has 180 valence electrons. The summed E-state index contributed by atoms with van der Waals surface area (Å²) in [5.41, 5.74) is 2.70. The van der Waals surface area contributed by atoms with E-state index in [0.717, 1.165) is 53.9 Å². The van der Waals surface area contributed by atoms with Gasteiger partial charge in [-0.15, -0.1) is 0 Å². The van der Waals surface area contributed by atoms with Gasteiger partial charge in [0.25, 0.3) is 0 Å². The Bertz CT molecular complexity index is 1210. The summed E-state index contributed by atoms with van der Waals surface area (Å²) in [7, 11) is -4.08. The number of carbonyl (C=O) groups excluding carboxylic acids is 1. The Morgan fingerprint density at radius 2 is 1.68 bits per heavy atom. The highest BCUT2D eigenvalue weighted by Gasteiger charge is 2.20. The fraction of sp³-hybridized carbons (Fsp3) is 0.269. The fourth-order valence-electron chi connectivity index (χ4n) is 3.34. The molecule has 0 aliphatic heterocycles. The first-order chi connectivity index (χ1) is 16.2. The second-order valence-electron chi connectivity index (χ2n) is 8.00. The smallest absolute Gasteiger partial charge is 0.339 e. The molecule has 0 radical (unpaired) electrons. The molecule has 0 fully saturated rings. The lowest BCUT2D eigenvalue weighted by Gasteiger charge is -2.29. The normalized spacial score (nSPS) is 12.1. The van der Waals surface area contributed by atoms with E-state index in [9.17, 15) is 17.6 Å². The molecule has 6 nitrogen and oxygen atoms in total. The van der Waals surface area contributed by atoms with Crippen LogP contribution in [0.5, 0.6) is 5.75 Å². The second-order valence-corrected chi connectivity index (χ2v) is 9.55. The van der Waals surface area contributed by atoms with Crippen molar-refractivity contribution in [1.82, 2.24) is 4.90 Å². The van der Waals surface area contributed by atoms with Crippen LogP contribution < -0.4 is 9.50 Å². The number of halogens is 1. The Morgan fingerprint density at radius 1 is 1.00 bits per heavy atom. The summed E-state index contributed by atoms with van der Waals surface area (Å²) in [5.74, 6) is -0.403. The number of rotatable bonds is 9. The average molecular weight is 485 g/mol. The quantitative estimate of drug-likeness (QED) is 0.379. The highest BCUT2D eigenvalue weighted by atomic mass is 32.2. The Balaban J connectivity index is 1.71. The maximum Gasteiger partial charge on any atom is 0.339 e. The molecule has 0 saturated carbocycles. The molecule has 3 aromatic carbocycles. The SMILES string of the molecule is CCc1cccc(NC(=O)N(Cc2ccc(OS(=O)(=O)c3ccc(F)cc3)cc2)C(C)CC)c1. The number of nitrogens with zero attached hydrogens (tertiary/aromatic N) is 1. The minimum atomic E-state index is -4.08. The van der Waals surface area contributed by atoms with Crippen molar-refractivity contribution in [3.63, 3.8) is 0 Å². The monoisotopic (exact) mass is 484 g/mol. The molecule has 0 heterocycles. The highest BCUT2D eigenvalue weighted by Crippen LogP contribution is 2.21. The van der Waals surface area contributed by atoms with E-state index in [-0.39, 0.29) is 22.7 Å². The van der Waals surface area contributed by atoms with Gasteiger partial charge in [0.15, 0.2) is 0 Å². The van der Waals surface area contributed by atoms with Crippen molar-refractivity contribution < 1.29 is 21.8 Å². The van der Waals surface area contributed by atoms with Gasteiger partial charge in [-0.05, 0) is 79.4 Å². The molecular weight excluding hydrogens is 455 g/mol. The van der Waals surface area contributed by atoms with E-state index in [0.29, 0.717) is 6.54 Å². The zero-order valence-electron chi connectivity index (χ0n) is 19.5. The third kappa shape index (κ3) is 6.57. The minimum Gasteiger partial charge on any atom is -0.379 e. The van der Waals surface area contributed by atoms with Gasteiger partial charge in [-0.1, -0.05) is 38.1 Å². The summed E-state index contributed by atoms with van der Waals surface area (Å²) in [6.07, 6.45) is 1.66. The molecular formula is C26H29FN2O4S. The van der Waals surface area contributed by atoms with Gasteiger partial charge in [0.05, 0.1) is 0 Å². The van der Waals surface area contributed by atoms with Crippen molar-refractivity contribution in [2.24, 2.45) is 0 Å². The van der Waals surface area contributed by atoms with Crippen LogP contribution in [0.3, 0.4) is 0 Å². The Morgan fingerprint density at radius 3 is 2.29 bits per heavy atom. The summed E-state index contributed by atoms with van der Waals surface area (Å²) in [6.45, 7) is 6.40. The Hall–Kier alpha value is -3.39. The topological polar surface area (TPSA) is 75.7 Å². The summed E-state index contributed by atoms with van der Waals surface area (Å²) in [6, 6.07) is 18.5. The standard InChI is InChI=1S/C26H29FN2O4S/c1-4-19(3)29(26(30)28-23-8-6-7-20(5-2)17-23)18-21-9-13-24(14-10-21)33-34(31,32)25-15-11-22(27)12-16-25/h6-17,19H,4-5,18H2,1-3H3,(H,28,30). The summed E-state index contributed by atoms with van der Waals surface area (Å²) in [4.78, 5) is 14.6. The van der Waals surface area contributed by atoms with Crippen LogP contribution in [0.25, 0.3) is 0 Å². The molecule has 0 aromatic heterocycles. The van der Waals surface area contributed by atoms with Gasteiger partial charge in [0.2, 0.25) is 0 Å². The van der Waals surface area contributed by atoms with Gasteiger partial charge in [0.1, 0.15) is 16.5 Å². The van der Waals surface area contributed by atoms with Crippen LogP contribution in [0.15, 0.2) is 77.7 Å². The van der Waals surface area contributed by atoms with Gasteiger partial charge in [-0.2, -0.15) is 8.42 Å². The van der Waals surface area contributed by atoms with Crippen LogP contribution in [-0.2, 0) is 23.1 Å². The van der Waals surface area contributed by atoms with Crippen LogP contribution in [0.4, 0.5) is 14.9 Å². The molecule has 2 amide bonds. The largest absolute Gasteiger partial charge is 0.379 e. The van der Waals surface area contributed by atoms with E-state index in [1.54, 1.807) is 17.0 Å². The zero-order valence-corrected chi connectivity index (χ0v) is 20.3. The summed E-state index contributed by atoms with van der Waals surface area (Å²) >= 11 is 0. The number of nitrogens with one attached hydrogen (secondary N) is 1. The molecule has 0 aliphatic carbocycles. The van der Waals surface area contributed by atoms with Gasteiger partial charge in [-0.25, -0.2) is 9.18 Å². The number of benzene rings is 3. The Labute approximate surface area is 200 Å². The molecule has 1 N–H and O–H groups in total. The van der Waals surface area contributed by atoms with E-state index in [4.69, 9.17) is 4.18 Å². The van der Waals surface area contributed by atoms with E-state index < -0.39 is 15.9 Å². The number of urea groups is 1. The van der Waals surface area contributed by atoms with Crippen molar-refractivity contribution in [2.45, 2.75) is 51.1 Å². The molecule has 3 rings (SSSR count). The van der Waals surface area contributed by atoms with Gasteiger partial charge < -0.3 is 14.4 Å². The minimum absolute atomic E-state index is 0.0101. The average Bonchev–Trinajstić information content (AvgIpc) is 2.83. The van der Waals surface area contributed by atoms with Crippen molar-refractivity contribution >= 4 is 21.8 Å². The van der Waals surface area contributed by atoms with E-state index in [2.05, 4.69) is 12.2 Å². The number of hydrogen-bond acceptors (Lipinski definition) is 4. The van der Waals surface area contributed by atoms with Gasteiger partial charge in [-0.3, -0.25) is 0 Å². The lowest BCUT2D eigenvalue weighted by molar-refractivity contribution is 0.187. The Kier molecular flexibility index (Phi) is 8.28. The number of hydrogen-bond donors (Lipinski definition) is 1. The maximum atomic E-state index is 13.1. The molecule has 0 aliphatic rings. The molecule has 1 atom stereocenters. The predicted molar refractivity (Wildman–Crippen MR) is 131 cm³/mol. The van der Waals surface area contributed by atoms with Crippen molar-refractivity contribution in [2.75, 3.05) is 5.32 Å². The summed E-state index contributed by atoms with van der Waals surface area (Å²) < 4.78 is 43.1. The molecule has 3 aromatic rings. The number of anilines is 1. The predicted octanol–water partition coefficient (Wildman–Crippen LogP) is 5.99. The molecule has 0 bridgehead atoms. The first kappa shape index (κ1) is 25.2. The molecule has 8 heteroatoms. The molecule has 0 spiro atoms. The van der Waals surface area contributed by atoms with Crippen LogP contribution >= 0.6 is 0 Å². The van der Waals surface area contributed by atoms with Crippen LogP contribution in [-0.4, -0.2) is 25.4 Å². The fourth-order valence-corrected chi connectivity index (χ4v) is 4.27. The van der Waals surface area contributed by atoms with Crippen molar-refractivity contribution in [3.05, 3.63) is 89.7 Å². The highest BCUT2D eigenvalue weighted by molar-refractivity contribution is 7.87. The third-order valence-corrected chi connectivity index (χ3v) is 6.82. The molecule has 1 unspecified atom stereocenters. The third-order valence-electron chi connectivity index (χ3n) is 5.55. The van der Waals surface area contributed by atoms with E-state index in [1.165, 1.54) is 12.1 Å². The lowest BCUT2D eigenvalue weighted by atomic mass is 10.1. The van der Waals surface area contributed by atoms with Gasteiger partial charge >= 0.3 is 16.1 Å². The molecule has 34 heavy (non-hydrogen) atoms. The first-order valence-corrected chi connectivity index (χ1v) is 12.6. The number of amides is 2. The van der Waals surface area contributed by atoms with Crippen LogP contribution in [0.2, 0.25) is 0 Å². The maximum absolute atomic E-state index is 13.1. The van der Waals surface area contributed by atoms with E-state index in [1.807, 2.05) is 38.1 Å². The van der Waals surface area contributed by atoms with Crippen LogP contribution in [0, 0.1) is 5.82 Å². The summed E-state index contributed by atoms with van der Waals surface area (Å²) in [5, 5.41) is 2.97. The van der Waals surface area contributed by atoms with Crippen molar-refractivity contribution in [3.8, 4) is 5.75 Å². The van der Waals surface area contributed by atoms with E-state index >= 15 is 0 Å².